The summed E-state index contributed by atoms with van der Waals surface area (Å²) < 4.78 is 0. The number of benzene rings is 2. The molecule has 0 saturated heterocycles. The van der Waals surface area contributed by atoms with Gasteiger partial charge in [-0.1, -0.05) is 30.3 Å². The van der Waals surface area contributed by atoms with Gasteiger partial charge in [-0.15, -0.1) is 0 Å². The van der Waals surface area contributed by atoms with Gasteiger partial charge in [0.2, 0.25) is 0 Å². The van der Waals surface area contributed by atoms with Gasteiger partial charge in [-0.25, -0.2) is 0 Å². The van der Waals surface area contributed by atoms with Crippen molar-refractivity contribution in [3.8, 4) is 5.75 Å². The van der Waals surface area contributed by atoms with Gasteiger partial charge in [-0.05, 0) is 11.6 Å². The molecule has 0 aliphatic carbocycles. The topological polar surface area (TPSA) is 96.0 Å². The smallest absolute Gasteiger partial charge is 0.270 e. The van der Waals surface area contributed by atoms with E-state index in [4.69, 9.17) is 0 Å². The van der Waals surface area contributed by atoms with E-state index in [1.54, 1.807) is 0 Å². The lowest BCUT2D eigenvalue weighted by atomic mass is 10.1. The monoisotopic (exact) mass is 286 g/mol. The number of aliphatic hydroxyl groups is 1. The standard InChI is InChI=1S/C15H14N2O4/c18-10-14(11-4-2-1-3-5-11)16-9-12-8-13(17(20)21)6-7-15(12)19/h1-9,14,18-19H,10H2/t14-/m1/s1. The number of hydrogen-bond acceptors (Lipinski definition) is 5. The van der Waals surface area contributed by atoms with Crippen LogP contribution in [0.15, 0.2) is 53.5 Å². The molecule has 0 unspecified atom stereocenters. The van der Waals surface area contributed by atoms with Crippen LogP contribution in [0, 0.1) is 10.1 Å². The molecule has 0 heterocycles. The van der Waals surface area contributed by atoms with Crippen LogP contribution in [0.1, 0.15) is 17.2 Å². The quantitative estimate of drug-likeness (QED) is 0.501. The number of nitro benzene ring substituents is 1. The van der Waals surface area contributed by atoms with E-state index in [0.29, 0.717) is 0 Å². The summed E-state index contributed by atoms with van der Waals surface area (Å²) in [6.45, 7) is -0.198. The maximum atomic E-state index is 10.7. The lowest BCUT2D eigenvalue weighted by Gasteiger charge is -2.09. The molecule has 0 amide bonds. The minimum absolute atomic E-state index is 0.103. The number of phenolic OH excluding ortho intramolecular Hbond substituents is 1. The fourth-order valence-electron chi connectivity index (χ4n) is 1.84. The molecule has 2 aromatic rings. The number of rotatable bonds is 5. The third-order valence-electron chi connectivity index (χ3n) is 2.97. The predicted molar refractivity (Wildman–Crippen MR) is 78.6 cm³/mol. The summed E-state index contributed by atoms with van der Waals surface area (Å²) in [5, 5.41) is 29.8. The molecule has 2 rings (SSSR count). The van der Waals surface area contributed by atoms with Crippen LogP contribution in [-0.2, 0) is 0 Å². The highest BCUT2D eigenvalue weighted by atomic mass is 16.6. The Morgan fingerprint density at radius 3 is 2.57 bits per heavy atom. The van der Waals surface area contributed by atoms with Gasteiger partial charge in [-0.2, -0.15) is 0 Å². The fourth-order valence-corrected chi connectivity index (χ4v) is 1.84. The van der Waals surface area contributed by atoms with Crippen LogP contribution < -0.4 is 0 Å². The first-order chi connectivity index (χ1) is 10.1. The van der Waals surface area contributed by atoms with E-state index < -0.39 is 11.0 Å². The number of non-ortho nitro benzene ring substituents is 1. The van der Waals surface area contributed by atoms with Gasteiger partial charge in [0, 0.05) is 23.9 Å². The van der Waals surface area contributed by atoms with Gasteiger partial charge >= 0.3 is 0 Å². The first kappa shape index (κ1) is 14.7. The van der Waals surface area contributed by atoms with E-state index in [9.17, 15) is 20.3 Å². The molecule has 0 bridgehead atoms. The average molecular weight is 286 g/mol. The predicted octanol–water partition coefficient (Wildman–Crippen LogP) is 2.45. The highest BCUT2D eigenvalue weighted by Crippen LogP contribution is 2.23. The Bertz CT molecular complexity index is 656. The molecule has 6 nitrogen and oxygen atoms in total. The van der Waals surface area contributed by atoms with E-state index in [1.165, 1.54) is 24.4 Å². The second kappa shape index (κ2) is 6.62. The van der Waals surface area contributed by atoms with Crippen molar-refractivity contribution in [2.24, 2.45) is 4.99 Å². The summed E-state index contributed by atoms with van der Waals surface area (Å²) in [5.74, 6) is -0.103. The molecule has 0 aliphatic rings. The van der Waals surface area contributed by atoms with E-state index >= 15 is 0 Å². The Balaban J connectivity index is 2.27. The molecule has 0 aromatic heterocycles. The zero-order valence-electron chi connectivity index (χ0n) is 11.1. The second-order valence-corrected chi connectivity index (χ2v) is 4.39. The second-order valence-electron chi connectivity index (χ2n) is 4.39. The lowest BCUT2D eigenvalue weighted by Crippen LogP contribution is -2.01. The summed E-state index contributed by atoms with van der Waals surface area (Å²) in [6, 6.07) is 12.4. The molecule has 1 atom stereocenters. The van der Waals surface area contributed by atoms with Gasteiger partial charge in [0.25, 0.3) is 5.69 Å². The minimum atomic E-state index is -0.544. The van der Waals surface area contributed by atoms with Crippen molar-refractivity contribution in [1.82, 2.24) is 0 Å². The van der Waals surface area contributed by atoms with E-state index in [2.05, 4.69) is 4.99 Å². The summed E-state index contributed by atoms with van der Waals surface area (Å²) in [6.07, 6.45) is 1.33. The Labute approximate surface area is 121 Å². The van der Waals surface area contributed by atoms with Crippen molar-refractivity contribution >= 4 is 11.9 Å². The van der Waals surface area contributed by atoms with Gasteiger partial charge in [-0.3, -0.25) is 15.1 Å². The maximum Gasteiger partial charge on any atom is 0.270 e. The van der Waals surface area contributed by atoms with Crippen molar-refractivity contribution < 1.29 is 15.1 Å². The first-order valence-electron chi connectivity index (χ1n) is 6.28. The van der Waals surface area contributed by atoms with Crippen LogP contribution >= 0.6 is 0 Å². The highest BCUT2D eigenvalue weighted by Gasteiger charge is 2.10. The van der Waals surface area contributed by atoms with Gasteiger partial charge < -0.3 is 10.2 Å². The molecule has 21 heavy (non-hydrogen) atoms. The lowest BCUT2D eigenvalue weighted by molar-refractivity contribution is -0.384. The average Bonchev–Trinajstić information content (AvgIpc) is 2.50. The number of aliphatic hydroxyl groups excluding tert-OH is 1. The molecule has 0 spiro atoms. The Kier molecular flexibility index (Phi) is 4.63. The SMILES string of the molecule is O=[N+]([O-])c1ccc(O)c(C=N[C@H](CO)c2ccccc2)c1. The molecule has 0 radical (unpaired) electrons. The molecular formula is C15H14N2O4. The van der Waals surface area contributed by atoms with Crippen LogP contribution in [0.3, 0.4) is 0 Å². The number of nitro groups is 1. The van der Waals surface area contributed by atoms with Crippen molar-refractivity contribution in [3.63, 3.8) is 0 Å². The molecule has 0 saturated carbocycles. The molecule has 6 heteroatoms. The Hall–Kier alpha value is -2.73. The summed E-state index contributed by atoms with van der Waals surface area (Å²) in [5.41, 5.74) is 0.925. The van der Waals surface area contributed by atoms with Crippen LogP contribution in [0.5, 0.6) is 5.75 Å². The fraction of sp³-hybridized carbons (Fsp3) is 0.133. The highest BCUT2D eigenvalue weighted by molar-refractivity contribution is 5.84. The number of phenols is 1. The number of aromatic hydroxyl groups is 1. The van der Waals surface area contributed by atoms with Crippen molar-refractivity contribution in [2.45, 2.75) is 6.04 Å². The number of hydrogen-bond donors (Lipinski definition) is 2. The number of nitrogens with zero attached hydrogens (tertiary/aromatic N) is 2. The Morgan fingerprint density at radius 2 is 1.95 bits per heavy atom. The zero-order chi connectivity index (χ0) is 15.2. The Morgan fingerprint density at radius 1 is 1.24 bits per heavy atom. The van der Waals surface area contributed by atoms with Gasteiger partial charge in [0.05, 0.1) is 17.6 Å². The normalized spacial score (nSPS) is 12.4. The van der Waals surface area contributed by atoms with Crippen LogP contribution in [-0.4, -0.2) is 28.0 Å². The summed E-state index contributed by atoms with van der Waals surface area (Å²) in [4.78, 5) is 14.4. The third-order valence-corrected chi connectivity index (χ3v) is 2.97. The molecule has 0 fully saturated rings. The van der Waals surface area contributed by atoms with Crippen molar-refractivity contribution in [3.05, 3.63) is 69.8 Å². The molecule has 0 aliphatic heterocycles. The van der Waals surface area contributed by atoms with Gasteiger partial charge in [0.15, 0.2) is 0 Å². The van der Waals surface area contributed by atoms with Crippen LogP contribution in [0.4, 0.5) is 5.69 Å². The van der Waals surface area contributed by atoms with Crippen molar-refractivity contribution in [2.75, 3.05) is 6.61 Å². The molecule has 2 N–H and O–H groups in total. The van der Waals surface area contributed by atoms with E-state index in [1.807, 2.05) is 30.3 Å². The molecular weight excluding hydrogens is 272 g/mol. The van der Waals surface area contributed by atoms with E-state index in [-0.39, 0.29) is 23.6 Å². The summed E-state index contributed by atoms with van der Waals surface area (Å²) >= 11 is 0. The van der Waals surface area contributed by atoms with Crippen molar-refractivity contribution in [1.29, 1.82) is 0 Å². The zero-order valence-corrected chi connectivity index (χ0v) is 11.1. The van der Waals surface area contributed by atoms with Crippen LogP contribution in [0.2, 0.25) is 0 Å². The molecule has 2 aromatic carbocycles. The largest absolute Gasteiger partial charge is 0.507 e. The maximum absolute atomic E-state index is 10.7. The minimum Gasteiger partial charge on any atom is -0.507 e. The first-order valence-corrected chi connectivity index (χ1v) is 6.28. The number of aliphatic imine (C=N–C) groups is 1. The third kappa shape index (κ3) is 3.64. The van der Waals surface area contributed by atoms with E-state index in [0.717, 1.165) is 5.56 Å². The van der Waals surface area contributed by atoms with Gasteiger partial charge in [0.1, 0.15) is 5.75 Å². The summed E-state index contributed by atoms with van der Waals surface area (Å²) in [7, 11) is 0. The van der Waals surface area contributed by atoms with Crippen LogP contribution in [0.25, 0.3) is 0 Å². The molecule has 108 valence electrons.